The van der Waals surface area contributed by atoms with Gasteiger partial charge in [0, 0.05) is 0 Å². The highest BCUT2D eigenvalue weighted by Gasteiger charge is 1.89. The molecule has 1 heteroatoms. The molecule has 0 bridgehead atoms. The molecule has 1 rings (SSSR count). The van der Waals surface area contributed by atoms with E-state index < -0.39 is 0 Å². The van der Waals surface area contributed by atoms with Crippen molar-refractivity contribution in [3.8, 4) is 0 Å². The van der Waals surface area contributed by atoms with Crippen molar-refractivity contribution in [2.24, 2.45) is 0 Å². The molecule has 98 valence electrons. The van der Waals surface area contributed by atoms with Crippen molar-refractivity contribution in [2.45, 2.75) is 41.0 Å². The van der Waals surface area contributed by atoms with Crippen LogP contribution in [0, 0.1) is 6.92 Å². The Balaban J connectivity index is 0. The van der Waals surface area contributed by atoms with Crippen LogP contribution in [0.2, 0.25) is 0 Å². The predicted octanol–water partition coefficient (Wildman–Crippen LogP) is 4.67. The third-order valence-electron chi connectivity index (χ3n) is 1.90. The summed E-state index contributed by atoms with van der Waals surface area (Å²) in [6.45, 7) is 15.3. The Labute approximate surface area is 108 Å². The van der Waals surface area contributed by atoms with Crippen molar-refractivity contribution in [1.82, 2.24) is 5.32 Å². The van der Waals surface area contributed by atoms with Crippen LogP contribution in [0.25, 0.3) is 5.57 Å². The summed E-state index contributed by atoms with van der Waals surface area (Å²) in [5.41, 5.74) is 3.65. The summed E-state index contributed by atoms with van der Waals surface area (Å²) in [4.78, 5) is 0. The van der Waals surface area contributed by atoms with Crippen molar-refractivity contribution < 1.29 is 0 Å². The fourth-order valence-corrected chi connectivity index (χ4v) is 0.838. The van der Waals surface area contributed by atoms with E-state index in [4.69, 9.17) is 0 Å². The minimum absolute atomic E-state index is 1.07. The third kappa shape index (κ3) is 12.9. The molecule has 0 unspecified atom stereocenters. The van der Waals surface area contributed by atoms with Gasteiger partial charge in [-0.05, 0) is 33.0 Å². The molecule has 0 amide bonds. The average Bonchev–Trinajstić information content (AvgIpc) is 2.31. The minimum atomic E-state index is 1.07. The topological polar surface area (TPSA) is 12.0 Å². The van der Waals surface area contributed by atoms with E-state index in [1.54, 1.807) is 0 Å². The molecule has 0 aliphatic carbocycles. The number of allylic oxidation sites excluding steroid dienone is 1. The summed E-state index contributed by atoms with van der Waals surface area (Å²) in [5.74, 6) is 0. The van der Waals surface area contributed by atoms with Gasteiger partial charge in [-0.1, -0.05) is 69.2 Å². The average molecular weight is 235 g/mol. The number of rotatable bonds is 2. The van der Waals surface area contributed by atoms with Crippen LogP contribution in [0.1, 0.15) is 45.2 Å². The molecule has 0 aliphatic heterocycles. The molecule has 1 aromatic rings. The van der Waals surface area contributed by atoms with Crippen LogP contribution in [0.4, 0.5) is 0 Å². The number of aryl methyl sites for hydroxylation is 1. The molecule has 0 aliphatic rings. The molecule has 0 saturated heterocycles. The molecule has 0 saturated carbocycles. The molecule has 0 spiro atoms. The zero-order valence-corrected chi connectivity index (χ0v) is 12.4. The summed E-state index contributed by atoms with van der Waals surface area (Å²) in [7, 11) is 1.93. The Hall–Kier alpha value is -1.08. The van der Waals surface area contributed by atoms with E-state index in [2.05, 4.69) is 63.9 Å². The zero-order valence-electron chi connectivity index (χ0n) is 12.4. The standard InChI is InChI=1S/C10H12.C3H9N.C3H8/c1-8(2)10-6-4-9(3)5-7-10;1-3-4-2;1-3-2/h4-7H,1H2,2-3H3;4H,3H2,1-2H3;3H2,1-2H3. The summed E-state index contributed by atoms with van der Waals surface area (Å²) in [6.07, 6.45) is 1.25. The van der Waals surface area contributed by atoms with Gasteiger partial charge in [0.1, 0.15) is 0 Å². The van der Waals surface area contributed by atoms with E-state index in [0.29, 0.717) is 0 Å². The van der Waals surface area contributed by atoms with Crippen LogP contribution in [0.5, 0.6) is 0 Å². The maximum Gasteiger partial charge on any atom is -0.00804 e. The van der Waals surface area contributed by atoms with E-state index in [-0.39, 0.29) is 0 Å². The van der Waals surface area contributed by atoms with Gasteiger partial charge in [0.2, 0.25) is 0 Å². The fraction of sp³-hybridized carbons (Fsp3) is 0.500. The first kappa shape index (κ1) is 18.3. The lowest BCUT2D eigenvalue weighted by Crippen LogP contribution is -2.01. The summed E-state index contributed by atoms with van der Waals surface area (Å²) < 4.78 is 0. The lowest BCUT2D eigenvalue weighted by atomic mass is 10.1. The van der Waals surface area contributed by atoms with Crippen LogP contribution in [-0.4, -0.2) is 13.6 Å². The number of nitrogens with one attached hydrogen (secondary N) is 1. The van der Waals surface area contributed by atoms with E-state index in [0.717, 1.165) is 12.1 Å². The predicted molar refractivity (Wildman–Crippen MR) is 81.5 cm³/mol. The van der Waals surface area contributed by atoms with Crippen molar-refractivity contribution in [3.05, 3.63) is 42.0 Å². The Bertz CT molecular complexity index is 270. The quantitative estimate of drug-likeness (QED) is 0.785. The normalized spacial score (nSPS) is 8.35. The van der Waals surface area contributed by atoms with Crippen molar-refractivity contribution in [3.63, 3.8) is 0 Å². The Morgan fingerprint density at radius 3 is 1.71 bits per heavy atom. The van der Waals surface area contributed by atoms with Gasteiger partial charge in [-0.2, -0.15) is 0 Å². The van der Waals surface area contributed by atoms with Gasteiger partial charge >= 0.3 is 0 Å². The smallest absolute Gasteiger partial charge is 0.00804 e. The molecule has 0 radical (unpaired) electrons. The van der Waals surface area contributed by atoms with Gasteiger partial charge in [0.05, 0.1) is 0 Å². The highest BCUT2D eigenvalue weighted by Crippen LogP contribution is 2.11. The number of hydrogen-bond acceptors (Lipinski definition) is 1. The molecular weight excluding hydrogens is 206 g/mol. The van der Waals surface area contributed by atoms with Crippen molar-refractivity contribution in [1.29, 1.82) is 0 Å². The van der Waals surface area contributed by atoms with Crippen LogP contribution < -0.4 is 5.32 Å². The second-order valence-electron chi connectivity index (χ2n) is 4.06. The lowest BCUT2D eigenvalue weighted by molar-refractivity contribution is 0.864. The fourth-order valence-electron chi connectivity index (χ4n) is 0.838. The second-order valence-corrected chi connectivity index (χ2v) is 4.06. The van der Waals surface area contributed by atoms with Crippen molar-refractivity contribution in [2.75, 3.05) is 13.6 Å². The summed E-state index contributed by atoms with van der Waals surface area (Å²) in [6, 6.07) is 8.39. The van der Waals surface area contributed by atoms with Gasteiger partial charge < -0.3 is 5.32 Å². The van der Waals surface area contributed by atoms with E-state index in [1.165, 1.54) is 17.5 Å². The van der Waals surface area contributed by atoms with Gasteiger partial charge in [-0.25, -0.2) is 0 Å². The first-order valence-electron chi connectivity index (χ1n) is 6.40. The van der Waals surface area contributed by atoms with Crippen molar-refractivity contribution >= 4 is 5.57 Å². The molecular formula is C16H29N. The van der Waals surface area contributed by atoms with Crippen LogP contribution in [0.15, 0.2) is 30.8 Å². The molecule has 0 aromatic heterocycles. The van der Waals surface area contributed by atoms with E-state index in [9.17, 15) is 0 Å². The SMILES string of the molecule is C=C(C)c1ccc(C)cc1.CCC.CCNC. The largest absolute Gasteiger partial charge is 0.320 e. The van der Waals surface area contributed by atoms with E-state index in [1.807, 2.05) is 14.0 Å². The summed E-state index contributed by atoms with van der Waals surface area (Å²) in [5, 5.41) is 2.93. The maximum absolute atomic E-state index is 3.86. The monoisotopic (exact) mass is 235 g/mol. The molecule has 0 atom stereocenters. The first-order valence-corrected chi connectivity index (χ1v) is 6.40. The van der Waals surface area contributed by atoms with Gasteiger partial charge in [0.25, 0.3) is 0 Å². The molecule has 1 aromatic carbocycles. The second kappa shape index (κ2) is 13.0. The van der Waals surface area contributed by atoms with Crippen LogP contribution in [0.3, 0.4) is 0 Å². The Morgan fingerprint density at radius 2 is 1.47 bits per heavy atom. The third-order valence-corrected chi connectivity index (χ3v) is 1.90. The van der Waals surface area contributed by atoms with Crippen LogP contribution in [-0.2, 0) is 0 Å². The first-order chi connectivity index (χ1) is 8.03. The summed E-state index contributed by atoms with van der Waals surface area (Å²) >= 11 is 0. The molecule has 0 heterocycles. The zero-order chi connectivity index (χ0) is 13.7. The molecule has 17 heavy (non-hydrogen) atoms. The molecule has 1 N–H and O–H groups in total. The Kier molecular flexibility index (Phi) is 14.0. The highest BCUT2D eigenvalue weighted by atomic mass is 14.8. The minimum Gasteiger partial charge on any atom is -0.320 e. The molecule has 0 fully saturated rings. The van der Waals surface area contributed by atoms with Gasteiger partial charge in [-0.3, -0.25) is 0 Å². The Morgan fingerprint density at radius 1 is 1.12 bits per heavy atom. The number of hydrogen-bond donors (Lipinski definition) is 1. The maximum atomic E-state index is 3.86. The molecule has 1 nitrogen and oxygen atoms in total. The van der Waals surface area contributed by atoms with Gasteiger partial charge in [-0.15, -0.1) is 0 Å². The number of benzene rings is 1. The lowest BCUT2D eigenvalue weighted by Gasteiger charge is -1.98. The van der Waals surface area contributed by atoms with E-state index >= 15 is 0 Å². The van der Waals surface area contributed by atoms with Crippen LogP contribution >= 0.6 is 0 Å². The highest BCUT2D eigenvalue weighted by molar-refractivity contribution is 5.61. The van der Waals surface area contributed by atoms with Gasteiger partial charge in [0.15, 0.2) is 0 Å².